The summed E-state index contributed by atoms with van der Waals surface area (Å²) in [6, 6.07) is 60.0. The Morgan fingerprint density at radius 1 is 0.391 bits per heavy atom. The summed E-state index contributed by atoms with van der Waals surface area (Å²) in [6.45, 7) is 2.38. The van der Waals surface area contributed by atoms with Crippen LogP contribution in [0.2, 0.25) is 0 Å². The molecule has 216 valence electrons. The molecular formula is C45H30O. The Morgan fingerprint density at radius 3 is 1.63 bits per heavy atom. The van der Waals surface area contributed by atoms with Crippen LogP contribution in [0.3, 0.4) is 0 Å². The van der Waals surface area contributed by atoms with Crippen molar-refractivity contribution in [2.24, 2.45) is 0 Å². The Bertz CT molecular complexity index is 2320. The number of fused-ring (bicyclic) bond motifs is 12. The number of rotatable bonds is 2. The fourth-order valence-corrected chi connectivity index (χ4v) is 8.85. The van der Waals surface area contributed by atoms with Crippen LogP contribution in [0.25, 0.3) is 33.4 Å². The molecule has 1 unspecified atom stereocenters. The molecule has 0 bridgehead atoms. The van der Waals surface area contributed by atoms with Gasteiger partial charge in [0.15, 0.2) is 0 Å². The molecule has 1 heteroatoms. The van der Waals surface area contributed by atoms with Crippen LogP contribution in [0.15, 0.2) is 164 Å². The first-order valence-electron chi connectivity index (χ1n) is 16.1. The number of para-hydroxylation sites is 2. The number of ether oxygens (including phenoxy) is 1. The van der Waals surface area contributed by atoms with E-state index >= 15 is 0 Å². The first kappa shape index (κ1) is 25.6. The molecule has 0 fully saturated rings. The van der Waals surface area contributed by atoms with Crippen LogP contribution in [-0.4, -0.2) is 0 Å². The van der Waals surface area contributed by atoms with Gasteiger partial charge in [-0.1, -0.05) is 152 Å². The fraction of sp³-hybridized carbons (Fsp3) is 0.0667. The molecule has 0 saturated heterocycles. The maximum Gasteiger partial charge on any atom is 0.140 e. The smallest absolute Gasteiger partial charge is 0.140 e. The number of hydrogen-bond acceptors (Lipinski definition) is 1. The fourth-order valence-electron chi connectivity index (χ4n) is 8.85. The predicted molar refractivity (Wildman–Crippen MR) is 187 cm³/mol. The van der Waals surface area contributed by atoms with Gasteiger partial charge in [-0.2, -0.15) is 0 Å². The molecule has 0 radical (unpaired) electrons. The second-order valence-electron chi connectivity index (χ2n) is 12.9. The Morgan fingerprint density at radius 2 is 0.913 bits per heavy atom. The second kappa shape index (κ2) is 9.19. The van der Waals surface area contributed by atoms with E-state index in [-0.39, 0.29) is 5.41 Å². The minimum Gasteiger partial charge on any atom is -0.456 e. The third kappa shape index (κ3) is 3.10. The Hall–Kier alpha value is -5.66. The standard InChI is InChI=1S/C45H30O/c1-44(30-14-3-2-4-15-30)36-20-8-5-16-32(36)35-27-26-29(28-41(35)44)31-19-13-24-40-43(31)46-42-25-12-11-23-39(42)45(40)37-21-9-6-17-33(37)34-18-7-10-22-38(34)45/h2-28H,1H3. The van der Waals surface area contributed by atoms with Crippen molar-refractivity contribution < 1.29 is 4.74 Å². The molecule has 1 heterocycles. The molecule has 7 aromatic rings. The van der Waals surface area contributed by atoms with Gasteiger partial charge in [-0.05, 0) is 74.7 Å². The maximum absolute atomic E-state index is 7.00. The highest BCUT2D eigenvalue weighted by atomic mass is 16.5. The number of hydrogen-bond donors (Lipinski definition) is 0. The molecule has 1 aliphatic heterocycles. The van der Waals surface area contributed by atoms with E-state index in [4.69, 9.17) is 4.74 Å². The Balaban J connectivity index is 1.25. The van der Waals surface area contributed by atoms with Crippen molar-refractivity contribution in [2.45, 2.75) is 17.8 Å². The van der Waals surface area contributed by atoms with Crippen LogP contribution < -0.4 is 4.74 Å². The molecule has 0 N–H and O–H groups in total. The van der Waals surface area contributed by atoms with E-state index in [1.807, 2.05) is 0 Å². The lowest BCUT2D eigenvalue weighted by Crippen LogP contribution is -2.32. The third-order valence-corrected chi connectivity index (χ3v) is 10.9. The summed E-state index contributed by atoms with van der Waals surface area (Å²) in [7, 11) is 0. The molecule has 46 heavy (non-hydrogen) atoms. The lowest BCUT2D eigenvalue weighted by Gasteiger charge is -2.40. The van der Waals surface area contributed by atoms with Gasteiger partial charge in [-0.3, -0.25) is 0 Å². The summed E-state index contributed by atoms with van der Waals surface area (Å²) < 4.78 is 7.00. The molecule has 0 aromatic heterocycles. The average molecular weight is 587 g/mol. The van der Waals surface area contributed by atoms with E-state index in [1.54, 1.807) is 0 Å². The molecule has 1 nitrogen and oxygen atoms in total. The van der Waals surface area contributed by atoms with Crippen LogP contribution in [0, 0.1) is 0 Å². The van der Waals surface area contributed by atoms with Crippen molar-refractivity contribution in [2.75, 3.05) is 0 Å². The van der Waals surface area contributed by atoms with Crippen molar-refractivity contribution in [3.05, 3.63) is 203 Å². The lowest BCUT2D eigenvalue weighted by atomic mass is 9.65. The van der Waals surface area contributed by atoms with Crippen LogP contribution in [0.1, 0.15) is 45.9 Å². The van der Waals surface area contributed by atoms with Gasteiger partial charge in [-0.15, -0.1) is 0 Å². The van der Waals surface area contributed by atoms with Crippen molar-refractivity contribution in [3.8, 4) is 44.9 Å². The minimum atomic E-state index is -0.473. The Labute approximate surface area is 269 Å². The van der Waals surface area contributed by atoms with Gasteiger partial charge < -0.3 is 4.74 Å². The zero-order valence-corrected chi connectivity index (χ0v) is 25.5. The molecule has 0 saturated carbocycles. The van der Waals surface area contributed by atoms with E-state index in [2.05, 4.69) is 171 Å². The van der Waals surface area contributed by atoms with E-state index in [1.165, 1.54) is 66.8 Å². The topological polar surface area (TPSA) is 9.23 Å². The van der Waals surface area contributed by atoms with Gasteiger partial charge in [0, 0.05) is 22.1 Å². The highest BCUT2D eigenvalue weighted by Gasteiger charge is 2.51. The predicted octanol–water partition coefficient (Wildman–Crippen LogP) is 11.2. The molecule has 1 spiro atoms. The van der Waals surface area contributed by atoms with Gasteiger partial charge in [-0.25, -0.2) is 0 Å². The summed E-state index contributed by atoms with van der Waals surface area (Å²) in [6.07, 6.45) is 0. The summed E-state index contributed by atoms with van der Waals surface area (Å²) in [5, 5.41) is 0. The second-order valence-corrected chi connectivity index (χ2v) is 12.9. The zero-order valence-electron chi connectivity index (χ0n) is 25.5. The van der Waals surface area contributed by atoms with E-state index in [0.717, 1.165) is 17.1 Å². The van der Waals surface area contributed by atoms with E-state index in [0.29, 0.717) is 0 Å². The monoisotopic (exact) mass is 586 g/mol. The molecule has 2 aliphatic carbocycles. The molecule has 10 rings (SSSR count). The zero-order chi connectivity index (χ0) is 30.5. The summed E-state index contributed by atoms with van der Waals surface area (Å²) in [5.74, 6) is 1.85. The van der Waals surface area contributed by atoms with E-state index in [9.17, 15) is 0 Å². The minimum absolute atomic E-state index is 0.268. The lowest BCUT2D eigenvalue weighted by molar-refractivity contribution is 0.438. The van der Waals surface area contributed by atoms with Gasteiger partial charge in [0.2, 0.25) is 0 Å². The Kier molecular flexibility index (Phi) is 5.12. The normalized spacial score (nSPS) is 17.2. The summed E-state index contributed by atoms with van der Waals surface area (Å²) in [5.41, 5.74) is 15.7. The van der Waals surface area contributed by atoms with Crippen molar-refractivity contribution in [3.63, 3.8) is 0 Å². The van der Waals surface area contributed by atoms with Gasteiger partial charge in [0.05, 0.1) is 5.41 Å². The van der Waals surface area contributed by atoms with Crippen molar-refractivity contribution in [1.82, 2.24) is 0 Å². The van der Waals surface area contributed by atoms with Crippen LogP contribution >= 0.6 is 0 Å². The van der Waals surface area contributed by atoms with Crippen LogP contribution in [0.4, 0.5) is 0 Å². The first-order chi connectivity index (χ1) is 22.7. The average Bonchev–Trinajstić information content (AvgIpc) is 3.56. The third-order valence-electron chi connectivity index (χ3n) is 10.9. The highest BCUT2D eigenvalue weighted by molar-refractivity contribution is 5.91. The molecule has 7 aromatic carbocycles. The molecular weight excluding hydrogens is 556 g/mol. The highest BCUT2D eigenvalue weighted by Crippen LogP contribution is 2.63. The molecule has 1 atom stereocenters. The van der Waals surface area contributed by atoms with Gasteiger partial charge in [0.25, 0.3) is 0 Å². The molecule has 3 aliphatic rings. The summed E-state index contributed by atoms with van der Waals surface area (Å²) >= 11 is 0. The van der Waals surface area contributed by atoms with E-state index < -0.39 is 5.41 Å². The maximum atomic E-state index is 7.00. The van der Waals surface area contributed by atoms with Crippen LogP contribution in [0.5, 0.6) is 11.5 Å². The number of benzene rings is 7. The van der Waals surface area contributed by atoms with Crippen molar-refractivity contribution >= 4 is 0 Å². The van der Waals surface area contributed by atoms with Gasteiger partial charge >= 0.3 is 0 Å². The first-order valence-corrected chi connectivity index (χ1v) is 16.1. The molecule has 0 amide bonds. The summed E-state index contributed by atoms with van der Waals surface area (Å²) in [4.78, 5) is 0. The van der Waals surface area contributed by atoms with Crippen LogP contribution in [-0.2, 0) is 10.8 Å². The SMILES string of the molecule is CC1(c2ccccc2)c2ccccc2-c2ccc(-c3cccc4c3Oc3ccccc3C43c4ccccc4-c4ccccc43)cc21. The largest absolute Gasteiger partial charge is 0.456 e. The quantitative estimate of drug-likeness (QED) is 0.196. The van der Waals surface area contributed by atoms with Crippen molar-refractivity contribution in [1.29, 1.82) is 0 Å². The van der Waals surface area contributed by atoms with Gasteiger partial charge in [0.1, 0.15) is 11.5 Å².